The number of rotatable bonds is 4. The number of nitrogens with zero attached hydrogens (tertiary/aromatic N) is 5. The summed E-state index contributed by atoms with van der Waals surface area (Å²) in [6, 6.07) is 0.597. The molecule has 0 aliphatic carbocycles. The minimum absolute atomic E-state index is 0.00370. The molecule has 0 N–H and O–H groups in total. The predicted molar refractivity (Wildman–Crippen MR) is 110 cm³/mol. The molecule has 2 atom stereocenters. The van der Waals surface area contributed by atoms with E-state index < -0.39 is 0 Å². The standard InChI is InChI=1S/C22H33N5O2/c1-16-6-3-4-10-25(16)13-9-21(29)26-12-8-19-18(15-26)14-23-22(24-19)20-7-5-11-27(20)17(2)28/h14,16,20H,3-13,15H2,1-2H3/t16-,20+/m0/s1. The highest BCUT2D eigenvalue weighted by molar-refractivity contribution is 5.76. The summed E-state index contributed by atoms with van der Waals surface area (Å²) in [7, 11) is 0. The number of carbonyl (C=O) groups excluding carboxylic acids is 2. The van der Waals surface area contributed by atoms with Crippen molar-refractivity contribution in [3.8, 4) is 0 Å². The molecule has 0 saturated carbocycles. The maximum absolute atomic E-state index is 12.8. The average molecular weight is 400 g/mol. The van der Waals surface area contributed by atoms with Gasteiger partial charge in [0.1, 0.15) is 0 Å². The summed E-state index contributed by atoms with van der Waals surface area (Å²) < 4.78 is 0. The molecule has 158 valence electrons. The lowest BCUT2D eigenvalue weighted by Gasteiger charge is -2.34. The first-order valence-electron chi connectivity index (χ1n) is 11.2. The van der Waals surface area contributed by atoms with Gasteiger partial charge in [-0.3, -0.25) is 9.59 Å². The lowest BCUT2D eigenvalue weighted by Crippen LogP contribution is -2.42. The Hall–Kier alpha value is -2.02. The zero-order valence-corrected chi connectivity index (χ0v) is 17.8. The Labute approximate surface area is 173 Å². The van der Waals surface area contributed by atoms with E-state index in [0.29, 0.717) is 19.0 Å². The summed E-state index contributed by atoms with van der Waals surface area (Å²) >= 11 is 0. The van der Waals surface area contributed by atoms with Crippen LogP contribution in [-0.4, -0.2) is 68.7 Å². The van der Waals surface area contributed by atoms with Crippen LogP contribution < -0.4 is 0 Å². The zero-order chi connectivity index (χ0) is 20.4. The highest BCUT2D eigenvalue weighted by atomic mass is 16.2. The van der Waals surface area contributed by atoms with Gasteiger partial charge in [0.15, 0.2) is 5.82 Å². The first kappa shape index (κ1) is 20.3. The predicted octanol–water partition coefficient (Wildman–Crippen LogP) is 2.31. The molecule has 0 aromatic carbocycles. The van der Waals surface area contributed by atoms with E-state index in [1.54, 1.807) is 6.92 Å². The fourth-order valence-electron chi connectivity index (χ4n) is 5.00. The molecule has 29 heavy (non-hydrogen) atoms. The Morgan fingerprint density at radius 1 is 1.14 bits per heavy atom. The van der Waals surface area contributed by atoms with E-state index >= 15 is 0 Å². The molecule has 1 aromatic rings. The molecule has 0 bridgehead atoms. The van der Waals surface area contributed by atoms with Crippen LogP contribution in [0.4, 0.5) is 0 Å². The third kappa shape index (κ3) is 4.44. The SMILES string of the molecule is CC(=O)N1CCC[C@@H]1c1ncc2c(n1)CCN(C(=O)CCN1CCCC[C@@H]1C)C2. The van der Waals surface area contributed by atoms with Gasteiger partial charge in [-0.25, -0.2) is 9.97 Å². The largest absolute Gasteiger partial charge is 0.338 e. The molecule has 4 heterocycles. The summed E-state index contributed by atoms with van der Waals surface area (Å²) in [5.74, 6) is 1.08. The second-order valence-corrected chi connectivity index (χ2v) is 8.77. The summed E-state index contributed by atoms with van der Waals surface area (Å²) in [6.45, 7) is 7.98. The van der Waals surface area contributed by atoms with E-state index in [-0.39, 0.29) is 17.9 Å². The Morgan fingerprint density at radius 2 is 2.00 bits per heavy atom. The first-order valence-corrected chi connectivity index (χ1v) is 11.2. The summed E-state index contributed by atoms with van der Waals surface area (Å²) in [5.41, 5.74) is 2.09. The van der Waals surface area contributed by atoms with Crippen molar-refractivity contribution in [1.29, 1.82) is 0 Å². The topological polar surface area (TPSA) is 69.6 Å². The van der Waals surface area contributed by atoms with Crippen molar-refractivity contribution >= 4 is 11.8 Å². The van der Waals surface area contributed by atoms with Gasteiger partial charge in [-0.15, -0.1) is 0 Å². The van der Waals surface area contributed by atoms with Crippen LogP contribution in [0.25, 0.3) is 0 Å². The highest BCUT2D eigenvalue weighted by Crippen LogP contribution is 2.30. The first-order chi connectivity index (χ1) is 14.0. The lowest BCUT2D eigenvalue weighted by molar-refractivity contribution is -0.133. The number of fused-ring (bicyclic) bond motifs is 1. The number of hydrogen-bond acceptors (Lipinski definition) is 5. The lowest BCUT2D eigenvalue weighted by atomic mass is 10.0. The molecule has 2 fully saturated rings. The van der Waals surface area contributed by atoms with Crippen molar-refractivity contribution in [2.24, 2.45) is 0 Å². The van der Waals surface area contributed by atoms with Crippen molar-refractivity contribution in [3.63, 3.8) is 0 Å². The van der Waals surface area contributed by atoms with Crippen LogP contribution in [0.15, 0.2) is 6.20 Å². The average Bonchev–Trinajstić information content (AvgIpc) is 3.22. The number of piperidine rings is 1. The van der Waals surface area contributed by atoms with Gasteiger partial charge in [0, 0.05) is 63.7 Å². The van der Waals surface area contributed by atoms with Crippen molar-refractivity contribution in [3.05, 3.63) is 23.3 Å². The van der Waals surface area contributed by atoms with E-state index in [4.69, 9.17) is 4.98 Å². The molecule has 1 aromatic heterocycles. The van der Waals surface area contributed by atoms with Crippen molar-refractivity contribution in [2.75, 3.05) is 26.2 Å². The van der Waals surface area contributed by atoms with Gasteiger partial charge < -0.3 is 14.7 Å². The Kier molecular flexibility index (Phi) is 6.13. The molecule has 4 rings (SSSR count). The molecule has 3 aliphatic rings. The summed E-state index contributed by atoms with van der Waals surface area (Å²) in [4.78, 5) is 40.3. The van der Waals surface area contributed by atoms with E-state index in [1.807, 2.05) is 16.0 Å². The fourth-order valence-corrected chi connectivity index (χ4v) is 5.00. The molecule has 0 unspecified atom stereocenters. The third-order valence-corrected chi connectivity index (χ3v) is 6.81. The van der Waals surface area contributed by atoms with Crippen LogP contribution >= 0.6 is 0 Å². The van der Waals surface area contributed by atoms with Crippen molar-refractivity contribution < 1.29 is 9.59 Å². The highest BCUT2D eigenvalue weighted by Gasteiger charge is 2.31. The number of hydrogen-bond donors (Lipinski definition) is 0. The molecule has 2 saturated heterocycles. The molecule has 2 amide bonds. The van der Waals surface area contributed by atoms with Gasteiger partial charge in [-0.1, -0.05) is 6.42 Å². The maximum Gasteiger partial charge on any atom is 0.224 e. The van der Waals surface area contributed by atoms with E-state index in [1.165, 1.54) is 19.3 Å². The molecule has 0 radical (unpaired) electrons. The Balaban J connectivity index is 1.36. The van der Waals surface area contributed by atoms with Crippen LogP contribution in [-0.2, 0) is 22.6 Å². The van der Waals surface area contributed by atoms with Gasteiger partial charge in [0.05, 0.1) is 11.7 Å². The van der Waals surface area contributed by atoms with E-state index in [2.05, 4.69) is 16.8 Å². The summed E-state index contributed by atoms with van der Waals surface area (Å²) in [6.07, 6.45) is 8.96. The van der Waals surface area contributed by atoms with Gasteiger partial charge >= 0.3 is 0 Å². The van der Waals surface area contributed by atoms with Crippen molar-refractivity contribution in [1.82, 2.24) is 24.7 Å². The monoisotopic (exact) mass is 399 g/mol. The zero-order valence-electron chi connectivity index (χ0n) is 17.8. The molecule has 3 aliphatic heterocycles. The molecule has 7 nitrogen and oxygen atoms in total. The maximum atomic E-state index is 12.8. The molecule has 0 spiro atoms. The molecule has 7 heteroatoms. The minimum atomic E-state index is 0.00370. The second-order valence-electron chi connectivity index (χ2n) is 8.77. The van der Waals surface area contributed by atoms with Crippen LogP contribution in [0.5, 0.6) is 0 Å². The van der Waals surface area contributed by atoms with E-state index in [9.17, 15) is 9.59 Å². The van der Waals surface area contributed by atoms with E-state index in [0.717, 1.165) is 62.5 Å². The Morgan fingerprint density at radius 3 is 2.79 bits per heavy atom. The van der Waals surface area contributed by atoms with Crippen molar-refractivity contribution in [2.45, 2.75) is 77.4 Å². The fraction of sp³-hybridized carbons (Fsp3) is 0.727. The normalized spacial score (nSPS) is 25.2. The van der Waals surface area contributed by atoms with Gasteiger partial charge in [0.25, 0.3) is 0 Å². The minimum Gasteiger partial charge on any atom is -0.338 e. The van der Waals surface area contributed by atoms with Gasteiger partial charge in [0.2, 0.25) is 11.8 Å². The van der Waals surface area contributed by atoms with Crippen LogP contribution in [0.2, 0.25) is 0 Å². The number of amides is 2. The third-order valence-electron chi connectivity index (χ3n) is 6.81. The second kappa shape index (κ2) is 8.78. The number of likely N-dealkylation sites (tertiary alicyclic amines) is 2. The molecular weight excluding hydrogens is 366 g/mol. The number of aromatic nitrogens is 2. The quantitative estimate of drug-likeness (QED) is 0.777. The number of carbonyl (C=O) groups is 2. The van der Waals surface area contributed by atoms with Gasteiger partial charge in [-0.05, 0) is 39.2 Å². The van der Waals surface area contributed by atoms with Crippen LogP contribution in [0.3, 0.4) is 0 Å². The Bertz CT molecular complexity index is 768. The smallest absolute Gasteiger partial charge is 0.224 e. The van der Waals surface area contributed by atoms with Crippen LogP contribution in [0, 0.1) is 0 Å². The van der Waals surface area contributed by atoms with Crippen LogP contribution in [0.1, 0.15) is 75.5 Å². The van der Waals surface area contributed by atoms with Gasteiger partial charge in [-0.2, -0.15) is 0 Å². The summed E-state index contributed by atoms with van der Waals surface area (Å²) in [5, 5.41) is 0. The molecular formula is C22H33N5O2.